The minimum Gasteiger partial charge on any atom is -0.358 e. The summed E-state index contributed by atoms with van der Waals surface area (Å²) in [6.45, 7) is -0.0713. The van der Waals surface area contributed by atoms with Crippen molar-refractivity contribution in [2.45, 2.75) is 0 Å². The van der Waals surface area contributed by atoms with Crippen molar-refractivity contribution in [3.05, 3.63) is 33.3 Å². The van der Waals surface area contributed by atoms with Crippen LogP contribution in [0.15, 0.2) is 22.7 Å². The standard InChI is InChI=1S/C10H10BrClN2O2/c1-13-8(15)5-14-10(16)6-3-2-4-7(11)9(6)12/h2-4H,5H2,1H3,(H,13,15)(H,14,16). The van der Waals surface area contributed by atoms with Crippen molar-refractivity contribution >= 4 is 39.3 Å². The van der Waals surface area contributed by atoms with Crippen LogP contribution in [0.2, 0.25) is 5.02 Å². The second-order valence-electron chi connectivity index (χ2n) is 2.96. The molecule has 0 aliphatic rings. The molecule has 0 aliphatic carbocycles. The molecular weight excluding hydrogens is 295 g/mol. The van der Waals surface area contributed by atoms with Gasteiger partial charge in [0, 0.05) is 11.5 Å². The molecule has 0 heterocycles. The summed E-state index contributed by atoms with van der Waals surface area (Å²) in [6, 6.07) is 5.02. The van der Waals surface area contributed by atoms with Gasteiger partial charge in [0.05, 0.1) is 17.1 Å². The molecule has 4 nitrogen and oxygen atoms in total. The van der Waals surface area contributed by atoms with Crippen LogP contribution in [0.25, 0.3) is 0 Å². The van der Waals surface area contributed by atoms with E-state index in [0.29, 0.717) is 15.1 Å². The Morgan fingerprint density at radius 1 is 1.44 bits per heavy atom. The fourth-order valence-corrected chi connectivity index (χ4v) is 1.60. The molecule has 0 spiro atoms. The molecule has 0 aromatic heterocycles. The quantitative estimate of drug-likeness (QED) is 0.891. The van der Waals surface area contributed by atoms with Crippen molar-refractivity contribution in [1.82, 2.24) is 10.6 Å². The monoisotopic (exact) mass is 304 g/mol. The Labute approximate surface area is 106 Å². The lowest BCUT2D eigenvalue weighted by Gasteiger charge is -2.06. The Kier molecular flexibility index (Phi) is 4.76. The van der Waals surface area contributed by atoms with Gasteiger partial charge in [0.25, 0.3) is 5.91 Å². The molecule has 1 aromatic rings. The predicted molar refractivity (Wildman–Crippen MR) is 65.6 cm³/mol. The van der Waals surface area contributed by atoms with Crippen LogP contribution in [0.3, 0.4) is 0 Å². The summed E-state index contributed by atoms with van der Waals surface area (Å²) in [5, 5.41) is 5.19. The average molecular weight is 306 g/mol. The third-order valence-electron chi connectivity index (χ3n) is 1.88. The van der Waals surface area contributed by atoms with Crippen molar-refractivity contribution in [2.24, 2.45) is 0 Å². The zero-order valence-corrected chi connectivity index (χ0v) is 10.9. The van der Waals surface area contributed by atoms with Crippen molar-refractivity contribution < 1.29 is 9.59 Å². The lowest BCUT2D eigenvalue weighted by atomic mass is 10.2. The Morgan fingerprint density at radius 2 is 2.12 bits per heavy atom. The van der Waals surface area contributed by atoms with E-state index in [1.807, 2.05) is 0 Å². The fraction of sp³-hybridized carbons (Fsp3) is 0.200. The Bertz CT molecular complexity index is 423. The van der Waals surface area contributed by atoms with Gasteiger partial charge < -0.3 is 10.6 Å². The van der Waals surface area contributed by atoms with E-state index in [4.69, 9.17) is 11.6 Å². The first kappa shape index (κ1) is 13.0. The lowest BCUT2D eigenvalue weighted by molar-refractivity contribution is -0.119. The predicted octanol–water partition coefficient (Wildman–Crippen LogP) is 1.58. The summed E-state index contributed by atoms with van der Waals surface area (Å²) in [5.41, 5.74) is 0.333. The number of hydrogen-bond acceptors (Lipinski definition) is 2. The van der Waals surface area contributed by atoms with Gasteiger partial charge in [-0.3, -0.25) is 9.59 Å². The Balaban J connectivity index is 2.74. The summed E-state index contributed by atoms with van der Waals surface area (Å²) in [4.78, 5) is 22.6. The van der Waals surface area contributed by atoms with Crippen LogP contribution in [-0.4, -0.2) is 25.4 Å². The Hall–Kier alpha value is -1.07. The van der Waals surface area contributed by atoms with Crippen LogP contribution in [0.4, 0.5) is 0 Å². The molecule has 0 fully saturated rings. The first-order valence-corrected chi connectivity index (χ1v) is 5.66. The first-order chi connectivity index (χ1) is 7.56. The number of nitrogens with one attached hydrogen (secondary N) is 2. The molecule has 0 bridgehead atoms. The van der Waals surface area contributed by atoms with Gasteiger partial charge in [0.1, 0.15) is 0 Å². The molecule has 2 amide bonds. The van der Waals surface area contributed by atoms with Crippen molar-refractivity contribution in [3.8, 4) is 0 Å². The highest BCUT2D eigenvalue weighted by atomic mass is 79.9. The number of carbonyl (C=O) groups excluding carboxylic acids is 2. The molecular formula is C10H10BrClN2O2. The van der Waals surface area contributed by atoms with E-state index < -0.39 is 0 Å². The molecule has 16 heavy (non-hydrogen) atoms. The van der Waals surface area contributed by atoms with Gasteiger partial charge in [-0.25, -0.2) is 0 Å². The van der Waals surface area contributed by atoms with Crippen LogP contribution in [-0.2, 0) is 4.79 Å². The van der Waals surface area contributed by atoms with Crippen LogP contribution >= 0.6 is 27.5 Å². The van der Waals surface area contributed by atoms with Gasteiger partial charge >= 0.3 is 0 Å². The molecule has 2 N–H and O–H groups in total. The normalized spacial score (nSPS) is 9.69. The van der Waals surface area contributed by atoms with Gasteiger partial charge in [-0.1, -0.05) is 17.7 Å². The molecule has 0 unspecified atom stereocenters. The van der Waals surface area contributed by atoms with Gasteiger partial charge in [-0.05, 0) is 28.1 Å². The molecule has 0 aliphatic heterocycles. The number of halogens is 2. The molecule has 1 rings (SSSR count). The average Bonchev–Trinajstić information content (AvgIpc) is 2.29. The van der Waals surface area contributed by atoms with E-state index in [1.165, 1.54) is 7.05 Å². The Morgan fingerprint density at radius 3 is 2.75 bits per heavy atom. The highest BCUT2D eigenvalue weighted by Gasteiger charge is 2.12. The number of hydrogen-bond donors (Lipinski definition) is 2. The maximum Gasteiger partial charge on any atom is 0.253 e. The molecule has 0 radical (unpaired) electrons. The van der Waals surface area contributed by atoms with Crippen molar-refractivity contribution in [3.63, 3.8) is 0 Å². The maximum absolute atomic E-state index is 11.6. The summed E-state index contributed by atoms with van der Waals surface area (Å²) < 4.78 is 0.641. The topological polar surface area (TPSA) is 58.2 Å². The van der Waals surface area contributed by atoms with E-state index in [0.717, 1.165) is 0 Å². The fourth-order valence-electron chi connectivity index (χ4n) is 1.02. The van der Waals surface area contributed by atoms with Gasteiger partial charge in [-0.2, -0.15) is 0 Å². The number of carbonyl (C=O) groups is 2. The van der Waals surface area contributed by atoms with E-state index in [2.05, 4.69) is 26.6 Å². The van der Waals surface area contributed by atoms with Gasteiger partial charge in [-0.15, -0.1) is 0 Å². The number of benzene rings is 1. The van der Waals surface area contributed by atoms with E-state index in [9.17, 15) is 9.59 Å². The molecule has 86 valence electrons. The number of amides is 2. The first-order valence-electron chi connectivity index (χ1n) is 4.49. The third kappa shape index (κ3) is 3.21. The van der Waals surface area contributed by atoms with E-state index in [-0.39, 0.29) is 18.4 Å². The third-order valence-corrected chi connectivity index (χ3v) is 3.18. The van der Waals surface area contributed by atoms with Crippen LogP contribution in [0.1, 0.15) is 10.4 Å². The summed E-state index contributed by atoms with van der Waals surface area (Å²) >= 11 is 9.15. The summed E-state index contributed by atoms with van der Waals surface area (Å²) in [6.07, 6.45) is 0. The second-order valence-corrected chi connectivity index (χ2v) is 4.19. The van der Waals surface area contributed by atoms with Crippen molar-refractivity contribution in [1.29, 1.82) is 0 Å². The minimum atomic E-state index is -0.380. The number of rotatable bonds is 3. The lowest BCUT2D eigenvalue weighted by Crippen LogP contribution is -2.35. The zero-order valence-electron chi connectivity index (χ0n) is 8.51. The minimum absolute atomic E-state index is 0.0713. The van der Waals surface area contributed by atoms with Gasteiger partial charge in [0.15, 0.2) is 0 Å². The molecule has 6 heteroatoms. The maximum atomic E-state index is 11.6. The zero-order chi connectivity index (χ0) is 12.1. The molecule has 0 atom stereocenters. The highest BCUT2D eigenvalue weighted by Crippen LogP contribution is 2.25. The smallest absolute Gasteiger partial charge is 0.253 e. The summed E-state index contributed by atoms with van der Waals surface area (Å²) in [7, 11) is 1.50. The summed E-state index contributed by atoms with van der Waals surface area (Å²) in [5.74, 6) is -0.644. The van der Waals surface area contributed by atoms with Crippen molar-refractivity contribution in [2.75, 3.05) is 13.6 Å². The SMILES string of the molecule is CNC(=O)CNC(=O)c1cccc(Br)c1Cl. The van der Waals surface area contributed by atoms with E-state index >= 15 is 0 Å². The molecule has 0 saturated heterocycles. The van der Waals surface area contributed by atoms with E-state index in [1.54, 1.807) is 18.2 Å². The largest absolute Gasteiger partial charge is 0.358 e. The number of likely N-dealkylation sites (N-methyl/N-ethyl adjacent to an activating group) is 1. The van der Waals surface area contributed by atoms with Crippen LogP contribution in [0.5, 0.6) is 0 Å². The highest BCUT2D eigenvalue weighted by molar-refractivity contribution is 9.10. The van der Waals surface area contributed by atoms with Crippen LogP contribution in [0, 0.1) is 0 Å². The molecule has 1 aromatic carbocycles. The second kappa shape index (κ2) is 5.86. The van der Waals surface area contributed by atoms with Crippen LogP contribution < -0.4 is 10.6 Å². The van der Waals surface area contributed by atoms with Gasteiger partial charge in [0.2, 0.25) is 5.91 Å². The molecule has 0 saturated carbocycles.